The van der Waals surface area contributed by atoms with Crippen molar-refractivity contribution in [3.63, 3.8) is 0 Å². The van der Waals surface area contributed by atoms with Gasteiger partial charge in [-0.2, -0.15) is 0 Å². The minimum Gasteiger partial charge on any atom is -0.508 e. The molecule has 1 aromatic carbocycles. The van der Waals surface area contributed by atoms with Crippen LogP contribution >= 0.6 is 0 Å². The fourth-order valence-electron chi connectivity index (χ4n) is 2.83. The lowest BCUT2D eigenvalue weighted by atomic mass is 9.71. The topological polar surface area (TPSA) is 46.2 Å². The van der Waals surface area contributed by atoms with E-state index in [0.717, 1.165) is 12.0 Å². The Morgan fingerprint density at radius 3 is 2.76 bits per heavy atom. The van der Waals surface area contributed by atoms with E-state index < -0.39 is 0 Å². The van der Waals surface area contributed by atoms with Crippen molar-refractivity contribution in [1.29, 1.82) is 0 Å². The summed E-state index contributed by atoms with van der Waals surface area (Å²) < 4.78 is 0. The first-order valence-electron chi connectivity index (χ1n) is 6.26. The summed E-state index contributed by atoms with van der Waals surface area (Å²) >= 11 is 0. The van der Waals surface area contributed by atoms with Crippen molar-refractivity contribution in [2.24, 2.45) is 11.1 Å². The zero-order chi connectivity index (χ0) is 12.5. The Labute approximate surface area is 103 Å². The first-order chi connectivity index (χ1) is 8.04. The number of hydrogen-bond donors (Lipinski definition) is 2. The van der Waals surface area contributed by atoms with Crippen LogP contribution in [-0.4, -0.2) is 11.7 Å². The van der Waals surface area contributed by atoms with Crippen LogP contribution in [0.15, 0.2) is 29.8 Å². The van der Waals surface area contributed by atoms with E-state index in [2.05, 4.69) is 19.9 Å². The van der Waals surface area contributed by atoms with Gasteiger partial charge in [0.25, 0.3) is 0 Å². The van der Waals surface area contributed by atoms with Crippen LogP contribution in [0.1, 0.15) is 38.7 Å². The molecule has 0 aromatic heterocycles. The Morgan fingerprint density at radius 2 is 2.12 bits per heavy atom. The predicted octanol–water partition coefficient (Wildman–Crippen LogP) is 3.31. The molecule has 2 heteroatoms. The number of benzene rings is 1. The number of phenolic OH excluding ortho intramolecular Hbond substituents is 1. The molecule has 0 saturated heterocycles. The summed E-state index contributed by atoms with van der Waals surface area (Å²) in [7, 11) is 0. The molecule has 0 unspecified atom stereocenters. The normalized spacial score (nSPS) is 19.5. The van der Waals surface area contributed by atoms with Crippen LogP contribution < -0.4 is 5.73 Å². The third kappa shape index (κ3) is 2.37. The second kappa shape index (κ2) is 4.53. The second-order valence-electron chi connectivity index (χ2n) is 5.45. The molecule has 2 rings (SSSR count). The SMILES string of the molecule is CC1(C)CCCC(c2cccc(O)c2)=C1CN. The van der Waals surface area contributed by atoms with E-state index in [1.54, 1.807) is 6.07 Å². The lowest BCUT2D eigenvalue weighted by Crippen LogP contribution is -2.25. The van der Waals surface area contributed by atoms with Gasteiger partial charge in [0.05, 0.1) is 0 Å². The van der Waals surface area contributed by atoms with Crippen LogP contribution in [0.4, 0.5) is 0 Å². The zero-order valence-electron chi connectivity index (χ0n) is 10.7. The number of allylic oxidation sites excluding steroid dienone is 1. The van der Waals surface area contributed by atoms with Crippen molar-refractivity contribution in [3.05, 3.63) is 35.4 Å². The highest BCUT2D eigenvalue weighted by molar-refractivity contribution is 5.71. The van der Waals surface area contributed by atoms with Crippen LogP contribution in [0.3, 0.4) is 0 Å². The highest BCUT2D eigenvalue weighted by atomic mass is 16.3. The molecule has 2 nitrogen and oxygen atoms in total. The van der Waals surface area contributed by atoms with Gasteiger partial charge in [-0.15, -0.1) is 0 Å². The summed E-state index contributed by atoms with van der Waals surface area (Å²) in [4.78, 5) is 0. The monoisotopic (exact) mass is 231 g/mol. The molecule has 1 aliphatic carbocycles. The van der Waals surface area contributed by atoms with E-state index in [4.69, 9.17) is 5.73 Å². The predicted molar refractivity (Wildman–Crippen MR) is 71.7 cm³/mol. The van der Waals surface area contributed by atoms with E-state index in [1.807, 2.05) is 12.1 Å². The Balaban J connectivity index is 2.51. The molecule has 17 heavy (non-hydrogen) atoms. The summed E-state index contributed by atoms with van der Waals surface area (Å²) in [6, 6.07) is 7.51. The smallest absolute Gasteiger partial charge is 0.116 e. The molecule has 1 aromatic rings. The Hall–Kier alpha value is -1.28. The lowest BCUT2D eigenvalue weighted by Gasteiger charge is -2.35. The lowest BCUT2D eigenvalue weighted by molar-refractivity contribution is 0.376. The molecule has 92 valence electrons. The second-order valence-corrected chi connectivity index (χ2v) is 5.45. The van der Waals surface area contributed by atoms with Gasteiger partial charge in [-0.05, 0) is 53.5 Å². The van der Waals surface area contributed by atoms with Crippen molar-refractivity contribution in [2.75, 3.05) is 6.54 Å². The number of aromatic hydroxyl groups is 1. The molecule has 1 aliphatic rings. The van der Waals surface area contributed by atoms with E-state index in [0.29, 0.717) is 12.3 Å². The van der Waals surface area contributed by atoms with Gasteiger partial charge < -0.3 is 10.8 Å². The molecule has 0 heterocycles. The van der Waals surface area contributed by atoms with Crippen LogP contribution in [-0.2, 0) is 0 Å². The summed E-state index contributed by atoms with van der Waals surface area (Å²) in [5, 5.41) is 9.58. The quantitative estimate of drug-likeness (QED) is 0.820. The molecule has 0 radical (unpaired) electrons. The van der Waals surface area contributed by atoms with Gasteiger partial charge in [0.2, 0.25) is 0 Å². The minimum absolute atomic E-state index is 0.188. The summed E-state index contributed by atoms with van der Waals surface area (Å²) in [6.07, 6.45) is 3.46. The van der Waals surface area contributed by atoms with Gasteiger partial charge in [0.1, 0.15) is 5.75 Å². The van der Waals surface area contributed by atoms with Gasteiger partial charge in [0, 0.05) is 6.54 Å². The van der Waals surface area contributed by atoms with E-state index in [-0.39, 0.29) is 5.41 Å². The van der Waals surface area contributed by atoms with Gasteiger partial charge >= 0.3 is 0 Å². The Morgan fingerprint density at radius 1 is 1.35 bits per heavy atom. The number of nitrogens with two attached hydrogens (primary N) is 1. The molecule has 0 amide bonds. The summed E-state index contributed by atoms with van der Waals surface area (Å²) in [6.45, 7) is 5.13. The molecule has 0 bridgehead atoms. The third-order valence-electron chi connectivity index (χ3n) is 3.81. The average Bonchev–Trinajstić information content (AvgIpc) is 2.27. The maximum absolute atomic E-state index is 9.58. The zero-order valence-corrected chi connectivity index (χ0v) is 10.7. The van der Waals surface area contributed by atoms with Crippen LogP contribution in [0.2, 0.25) is 0 Å². The summed E-state index contributed by atoms with van der Waals surface area (Å²) in [5.41, 5.74) is 9.91. The van der Waals surface area contributed by atoms with Crippen LogP contribution in [0, 0.1) is 5.41 Å². The Bertz CT molecular complexity index is 446. The highest BCUT2D eigenvalue weighted by Crippen LogP contribution is 2.43. The fraction of sp³-hybridized carbons (Fsp3) is 0.467. The molecule has 0 spiro atoms. The van der Waals surface area contributed by atoms with Crippen molar-refractivity contribution in [3.8, 4) is 5.75 Å². The number of rotatable bonds is 2. The first kappa shape index (κ1) is 12.2. The van der Waals surface area contributed by atoms with Crippen LogP contribution in [0.25, 0.3) is 5.57 Å². The van der Waals surface area contributed by atoms with Crippen LogP contribution in [0.5, 0.6) is 5.75 Å². The van der Waals surface area contributed by atoms with E-state index in [1.165, 1.54) is 24.0 Å². The molecule has 0 fully saturated rings. The third-order valence-corrected chi connectivity index (χ3v) is 3.81. The van der Waals surface area contributed by atoms with Gasteiger partial charge in [-0.25, -0.2) is 0 Å². The molecule has 0 saturated carbocycles. The van der Waals surface area contributed by atoms with Crippen molar-refractivity contribution >= 4 is 5.57 Å². The Kier molecular flexibility index (Phi) is 3.25. The van der Waals surface area contributed by atoms with Crippen molar-refractivity contribution in [2.45, 2.75) is 33.1 Å². The largest absolute Gasteiger partial charge is 0.508 e. The maximum atomic E-state index is 9.58. The van der Waals surface area contributed by atoms with Gasteiger partial charge in [0.15, 0.2) is 0 Å². The standard InChI is InChI=1S/C15H21NO/c1-15(2)8-4-7-13(14(15)10-16)11-5-3-6-12(17)9-11/h3,5-6,9,17H,4,7-8,10,16H2,1-2H3. The fourth-order valence-corrected chi connectivity index (χ4v) is 2.83. The van der Waals surface area contributed by atoms with E-state index in [9.17, 15) is 5.11 Å². The molecular formula is C15H21NO. The molecule has 3 N–H and O–H groups in total. The highest BCUT2D eigenvalue weighted by Gasteiger charge is 2.29. The average molecular weight is 231 g/mol. The number of phenols is 1. The minimum atomic E-state index is 0.188. The van der Waals surface area contributed by atoms with Crippen molar-refractivity contribution in [1.82, 2.24) is 0 Å². The summed E-state index contributed by atoms with van der Waals surface area (Å²) in [5.74, 6) is 0.328. The van der Waals surface area contributed by atoms with E-state index >= 15 is 0 Å². The first-order valence-corrected chi connectivity index (χ1v) is 6.26. The molecule has 0 atom stereocenters. The molecule has 0 aliphatic heterocycles. The number of hydrogen-bond acceptors (Lipinski definition) is 2. The molecular weight excluding hydrogens is 210 g/mol. The van der Waals surface area contributed by atoms with Gasteiger partial charge in [-0.3, -0.25) is 0 Å². The maximum Gasteiger partial charge on any atom is 0.116 e. The van der Waals surface area contributed by atoms with Crippen molar-refractivity contribution < 1.29 is 5.11 Å². The van der Waals surface area contributed by atoms with Gasteiger partial charge in [-0.1, -0.05) is 26.0 Å².